The maximum Gasteiger partial charge on any atom is 0.328 e. The van der Waals surface area contributed by atoms with E-state index in [2.05, 4.69) is 34.1 Å². The van der Waals surface area contributed by atoms with Crippen LogP contribution in [0.5, 0.6) is 0 Å². The molecule has 2 aliphatic carbocycles. The van der Waals surface area contributed by atoms with Crippen LogP contribution in [-0.4, -0.2) is 95.1 Å². The third kappa shape index (κ3) is 9.00. The first-order valence-electron chi connectivity index (χ1n) is 15.1. The van der Waals surface area contributed by atoms with Gasteiger partial charge in [0.15, 0.2) is 0 Å². The number of likely N-dealkylation sites (tertiary alicyclic amines) is 1. The average Bonchev–Trinajstić information content (AvgIpc) is 3.26. The van der Waals surface area contributed by atoms with Gasteiger partial charge in [-0.05, 0) is 37.8 Å². The number of hydrogen-bond acceptors (Lipinski definition) is 8. The Bertz CT molecular complexity index is 1160. The van der Waals surface area contributed by atoms with E-state index in [9.17, 15) is 24.0 Å². The van der Waals surface area contributed by atoms with Gasteiger partial charge in [-0.2, -0.15) is 0 Å². The predicted molar refractivity (Wildman–Crippen MR) is 158 cm³/mol. The topological polar surface area (TPSA) is 145 Å². The molecule has 4 aliphatic rings. The predicted octanol–water partition coefficient (Wildman–Crippen LogP) is 2.96. The van der Waals surface area contributed by atoms with Gasteiger partial charge in [-0.15, -0.1) is 0 Å². The number of hydrogen-bond donors (Lipinski definition) is 2. The van der Waals surface area contributed by atoms with Crippen molar-refractivity contribution in [2.75, 3.05) is 44.2 Å². The number of imide groups is 1. The van der Waals surface area contributed by atoms with Crippen LogP contribution in [0, 0.1) is 17.8 Å². The smallest absolute Gasteiger partial charge is 0.328 e. The number of ether oxygens (including phenoxy) is 1. The lowest BCUT2D eigenvalue weighted by atomic mass is 9.85. The number of esters is 1. The summed E-state index contributed by atoms with van der Waals surface area (Å²) in [5.41, 5.74) is 1.22. The molecule has 11 heteroatoms. The molecule has 1 saturated carbocycles. The van der Waals surface area contributed by atoms with Gasteiger partial charge in [0.25, 0.3) is 0 Å². The van der Waals surface area contributed by atoms with Gasteiger partial charge in [-0.3, -0.25) is 24.2 Å². The van der Waals surface area contributed by atoms with E-state index in [0.29, 0.717) is 31.5 Å². The summed E-state index contributed by atoms with van der Waals surface area (Å²) in [6.07, 6.45) is 10.9. The fraction of sp³-hybridized carbons (Fsp3) is 0.531. The Balaban J connectivity index is 0.000000467. The third-order valence-corrected chi connectivity index (χ3v) is 8.53. The second kappa shape index (κ2) is 15.5. The van der Waals surface area contributed by atoms with Crippen molar-refractivity contribution in [2.24, 2.45) is 17.8 Å². The molecule has 2 N–H and O–H groups in total. The number of amides is 2. The van der Waals surface area contributed by atoms with Gasteiger partial charge < -0.3 is 19.8 Å². The van der Waals surface area contributed by atoms with Crippen molar-refractivity contribution in [3.8, 4) is 0 Å². The first-order chi connectivity index (χ1) is 20.7. The Morgan fingerprint density at radius 2 is 1.37 bits per heavy atom. The van der Waals surface area contributed by atoms with Gasteiger partial charge in [-0.1, -0.05) is 49.6 Å². The molecule has 43 heavy (non-hydrogen) atoms. The maximum atomic E-state index is 13.1. The number of nitrogens with zero attached hydrogens (tertiary/aromatic N) is 3. The Labute approximate surface area is 251 Å². The molecule has 5 rings (SSSR count). The van der Waals surface area contributed by atoms with E-state index >= 15 is 0 Å². The molecule has 0 aromatic heterocycles. The summed E-state index contributed by atoms with van der Waals surface area (Å²) in [6.45, 7) is 4.20. The highest BCUT2D eigenvalue weighted by molar-refractivity contribution is 6.05. The van der Waals surface area contributed by atoms with Gasteiger partial charge >= 0.3 is 17.9 Å². The zero-order valence-electron chi connectivity index (χ0n) is 24.4. The standard InChI is InChI=1S/C28H37N3O4.C4H4O4/c32-26-24-13-7-8-14-25(24)27(33)31(26)20-23(35-28(34)21-9-3-1-4-10-21)19-29-15-17-30(18-16-29)22-11-5-2-6-12-22;5-3(6)1-2-4(7)8/h2,5-8,11-12,21,23-25H,1,3-4,9-10,13-20H2;1-2H,(H,5,6)(H,7,8)/b;2-1-/t23?,24-,25+;. The van der Waals surface area contributed by atoms with Crippen molar-refractivity contribution in [3.05, 3.63) is 54.6 Å². The van der Waals surface area contributed by atoms with Crippen LogP contribution in [0.25, 0.3) is 0 Å². The summed E-state index contributed by atoms with van der Waals surface area (Å²) in [5, 5.41) is 15.6. The SMILES string of the molecule is O=C(O)/C=C\C(=O)O.O=C(OC(CN1CCN(c2ccccc2)CC1)CN1C(=O)[C@H]2CC=CC[C@H]2C1=O)C1CCCCC1. The summed E-state index contributed by atoms with van der Waals surface area (Å²) in [7, 11) is 0. The largest absolute Gasteiger partial charge is 0.478 e. The highest BCUT2D eigenvalue weighted by atomic mass is 16.5. The molecular formula is C32H41N3O8. The second-order valence-electron chi connectivity index (χ2n) is 11.5. The second-order valence-corrected chi connectivity index (χ2v) is 11.5. The van der Waals surface area contributed by atoms with Gasteiger partial charge in [0, 0.05) is 50.6 Å². The van der Waals surface area contributed by atoms with Crippen molar-refractivity contribution in [1.82, 2.24) is 9.80 Å². The van der Waals surface area contributed by atoms with Crippen LogP contribution in [-0.2, 0) is 28.7 Å². The Morgan fingerprint density at radius 1 is 0.814 bits per heavy atom. The number of carboxylic acids is 2. The van der Waals surface area contributed by atoms with Crippen LogP contribution >= 0.6 is 0 Å². The molecular weight excluding hydrogens is 554 g/mol. The number of para-hydroxylation sites is 1. The molecule has 3 fully saturated rings. The summed E-state index contributed by atoms with van der Waals surface area (Å²) >= 11 is 0. The monoisotopic (exact) mass is 595 g/mol. The summed E-state index contributed by atoms with van der Waals surface area (Å²) < 4.78 is 6.06. The highest BCUT2D eigenvalue weighted by Gasteiger charge is 2.48. The molecule has 232 valence electrons. The fourth-order valence-electron chi connectivity index (χ4n) is 6.24. The summed E-state index contributed by atoms with van der Waals surface area (Å²) in [4.78, 5) is 64.3. The first kappa shape index (κ1) is 31.9. The molecule has 2 aliphatic heterocycles. The fourth-order valence-corrected chi connectivity index (χ4v) is 6.24. The number of benzene rings is 1. The van der Waals surface area contributed by atoms with Crippen molar-refractivity contribution in [3.63, 3.8) is 0 Å². The average molecular weight is 596 g/mol. The third-order valence-electron chi connectivity index (χ3n) is 8.53. The van der Waals surface area contributed by atoms with Gasteiger partial charge in [0.1, 0.15) is 6.10 Å². The maximum absolute atomic E-state index is 13.1. The van der Waals surface area contributed by atoms with Crippen LogP contribution in [0.2, 0.25) is 0 Å². The van der Waals surface area contributed by atoms with Crippen LogP contribution in [0.1, 0.15) is 44.9 Å². The molecule has 0 spiro atoms. The number of carbonyl (C=O) groups is 5. The van der Waals surface area contributed by atoms with E-state index in [1.807, 2.05) is 18.2 Å². The van der Waals surface area contributed by atoms with Crippen molar-refractivity contribution < 1.29 is 38.9 Å². The van der Waals surface area contributed by atoms with E-state index in [-0.39, 0.29) is 42.1 Å². The van der Waals surface area contributed by atoms with Gasteiger partial charge in [0.05, 0.1) is 24.3 Å². The molecule has 0 bridgehead atoms. The van der Waals surface area contributed by atoms with Crippen LogP contribution in [0.4, 0.5) is 5.69 Å². The van der Waals surface area contributed by atoms with Gasteiger partial charge in [0.2, 0.25) is 11.8 Å². The minimum absolute atomic E-state index is 0.0575. The Kier molecular flexibility index (Phi) is 11.5. The molecule has 2 saturated heterocycles. The molecule has 3 atom stereocenters. The molecule has 1 aromatic carbocycles. The zero-order valence-corrected chi connectivity index (χ0v) is 24.4. The van der Waals surface area contributed by atoms with Crippen molar-refractivity contribution in [2.45, 2.75) is 51.0 Å². The molecule has 11 nitrogen and oxygen atoms in total. The number of allylic oxidation sites excluding steroid dienone is 2. The van der Waals surface area contributed by atoms with E-state index in [1.165, 1.54) is 17.0 Å². The van der Waals surface area contributed by atoms with Gasteiger partial charge in [-0.25, -0.2) is 9.59 Å². The van der Waals surface area contributed by atoms with Crippen LogP contribution < -0.4 is 4.90 Å². The molecule has 2 heterocycles. The number of fused-ring (bicyclic) bond motifs is 1. The molecule has 0 radical (unpaired) electrons. The van der Waals surface area contributed by atoms with Crippen LogP contribution in [0.3, 0.4) is 0 Å². The normalized spacial score (nSPS) is 23.4. The first-order valence-corrected chi connectivity index (χ1v) is 15.1. The Morgan fingerprint density at radius 3 is 1.91 bits per heavy atom. The minimum Gasteiger partial charge on any atom is -0.478 e. The quantitative estimate of drug-likeness (QED) is 0.189. The zero-order chi connectivity index (χ0) is 30.8. The highest BCUT2D eigenvalue weighted by Crippen LogP contribution is 2.35. The number of aliphatic carboxylic acids is 2. The molecule has 2 amide bonds. The minimum atomic E-state index is -1.26. The lowest BCUT2D eigenvalue weighted by molar-refractivity contribution is -0.160. The number of piperazine rings is 1. The van der Waals surface area contributed by atoms with E-state index in [1.54, 1.807) is 0 Å². The lowest BCUT2D eigenvalue weighted by Crippen LogP contribution is -2.51. The van der Waals surface area contributed by atoms with E-state index in [0.717, 1.165) is 51.9 Å². The number of rotatable bonds is 9. The van der Waals surface area contributed by atoms with Crippen LogP contribution in [0.15, 0.2) is 54.6 Å². The lowest BCUT2D eigenvalue weighted by Gasteiger charge is -2.38. The van der Waals surface area contributed by atoms with Crippen molar-refractivity contribution >= 4 is 35.4 Å². The molecule has 1 aromatic rings. The Hall–Kier alpha value is -3.99. The summed E-state index contributed by atoms with van der Waals surface area (Å²) in [6, 6.07) is 10.4. The van der Waals surface area contributed by atoms with E-state index < -0.39 is 18.0 Å². The number of carbonyl (C=O) groups excluding carboxylic acids is 3. The van der Waals surface area contributed by atoms with E-state index in [4.69, 9.17) is 14.9 Å². The van der Waals surface area contributed by atoms with Crippen molar-refractivity contribution in [1.29, 1.82) is 0 Å². The summed E-state index contributed by atoms with van der Waals surface area (Å²) in [5.74, 6) is -3.43. The number of carboxylic acid groups (broad SMARTS) is 2. The number of anilines is 1. The molecule has 1 unspecified atom stereocenters.